The van der Waals surface area contributed by atoms with Crippen LogP contribution < -0.4 is 0 Å². The van der Waals surface area contributed by atoms with Crippen molar-refractivity contribution in [1.29, 1.82) is 0 Å². The lowest BCUT2D eigenvalue weighted by Crippen LogP contribution is -2.18. The molecule has 72 valence electrons. The van der Waals surface area contributed by atoms with E-state index in [1.807, 2.05) is 11.3 Å². The highest BCUT2D eigenvalue weighted by Gasteiger charge is 2.33. The van der Waals surface area contributed by atoms with Crippen LogP contribution in [0, 0.1) is 13.8 Å². The van der Waals surface area contributed by atoms with Gasteiger partial charge in [0, 0.05) is 10.3 Å². The van der Waals surface area contributed by atoms with E-state index in [0.29, 0.717) is 5.41 Å². The molecule has 2 rings (SSSR count). The summed E-state index contributed by atoms with van der Waals surface area (Å²) in [6.07, 6.45) is 5.42. The fourth-order valence-corrected chi connectivity index (χ4v) is 3.45. The van der Waals surface area contributed by atoms with Gasteiger partial charge in [0.05, 0.1) is 10.7 Å². The third kappa shape index (κ3) is 1.52. The van der Waals surface area contributed by atoms with Crippen LogP contribution >= 0.6 is 11.3 Å². The quantitative estimate of drug-likeness (QED) is 0.667. The average Bonchev–Trinajstić information content (AvgIpc) is 2.59. The fraction of sp³-hybridized carbons (Fsp3) is 0.727. The molecule has 1 saturated carbocycles. The lowest BCUT2D eigenvalue weighted by molar-refractivity contribution is 0.475. The molecule has 0 saturated heterocycles. The molecule has 1 aliphatic carbocycles. The number of aryl methyl sites for hydroxylation is 2. The Hall–Kier alpha value is -0.370. The van der Waals surface area contributed by atoms with Gasteiger partial charge >= 0.3 is 0 Å². The van der Waals surface area contributed by atoms with Gasteiger partial charge in [-0.15, -0.1) is 11.3 Å². The monoisotopic (exact) mass is 195 g/mol. The van der Waals surface area contributed by atoms with Crippen LogP contribution in [-0.4, -0.2) is 4.98 Å². The number of hydrogen-bond acceptors (Lipinski definition) is 2. The van der Waals surface area contributed by atoms with Gasteiger partial charge in [0.25, 0.3) is 0 Å². The summed E-state index contributed by atoms with van der Waals surface area (Å²) in [6, 6.07) is 0. The molecule has 0 aromatic carbocycles. The lowest BCUT2D eigenvalue weighted by atomic mass is 9.84. The van der Waals surface area contributed by atoms with E-state index in [9.17, 15) is 0 Å². The maximum absolute atomic E-state index is 4.68. The van der Waals surface area contributed by atoms with Crippen LogP contribution in [0.5, 0.6) is 0 Å². The second-order valence-electron chi connectivity index (χ2n) is 4.41. The SMILES string of the molecule is Cc1nc(C2(C)CCCC2)c(C)s1. The van der Waals surface area contributed by atoms with E-state index >= 15 is 0 Å². The van der Waals surface area contributed by atoms with Crippen LogP contribution in [0.25, 0.3) is 0 Å². The highest BCUT2D eigenvalue weighted by atomic mass is 32.1. The predicted molar refractivity (Wildman–Crippen MR) is 57.4 cm³/mol. The van der Waals surface area contributed by atoms with E-state index in [1.165, 1.54) is 41.3 Å². The maximum Gasteiger partial charge on any atom is 0.0900 e. The zero-order valence-corrected chi connectivity index (χ0v) is 9.50. The third-order valence-electron chi connectivity index (χ3n) is 3.18. The first kappa shape index (κ1) is 9.20. The van der Waals surface area contributed by atoms with E-state index in [0.717, 1.165) is 0 Å². The Morgan fingerprint density at radius 2 is 1.85 bits per heavy atom. The number of hydrogen-bond donors (Lipinski definition) is 0. The van der Waals surface area contributed by atoms with Crippen molar-refractivity contribution in [2.24, 2.45) is 0 Å². The minimum absolute atomic E-state index is 0.398. The first-order chi connectivity index (χ1) is 6.12. The fourth-order valence-electron chi connectivity index (χ4n) is 2.48. The second kappa shape index (κ2) is 3.09. The Balaban J connectivity index is 2.38. The van der Waals surface area contributed by atoms with E-state index in [2.05, 4.69) is 25.8 Å². The molecule has 1 heterocycles. The van der Waals surface area contributed by atoms with E-state index in [4.69, 9.17) is 0 Å². The van der Waals surface area contributed by atoms with Gasteiger partial charge < -0.3 is 0 Å². The van der Waals surface area contributed by atoms with Crippen molar-refractivity contribution in [3.63, 3.8) is 0 Å². The van der Waals surface area contributed by atoms with Crippen LogP contribution in [-0.2, 0) is 5.41 Å². The van der Waals surface area contributed by atoms with Gasteiger partial charge in [-0.1, -0.05) is 19.8 Å². The molecule has 0 atom stereocenters. The summed E-state index contributed by atoms with van der Waals surface area (Å²) in [4.78, 5) is 6.11. The molecule has 0 bridgehead atoms. The zero-order chi connectivity index (χ0) is 9.47. The molecule has 1 aromatic heterocycles. The smallest absolute Gasteiger partial charge is 0.0900 e. The average molecular weight is 195 g/mol. The minimum atomic E-state index is 0.398. The second-order valence-corrected chi connectivity index (χ2v) is 5.81. The van der Waals surface area contributed by atoms with Crippen molar-refractivity contribution >= 4 is 11.3 Å². The molecule has 0 aliphatic heterocycles. The molecular formula is C11H17NS. The summed E-state index contributed by atoms with van der Waals surface area (Å²) in [7, 11) is 0. The summed E-state index contributed by atoms with van der Waals surface area (Å²) in [5.41, 5.74) is 1.78. The van der Waals surface area contributed by atoms with Crippen LogP contribution in [0.4, 0.5) is 0 Å². The van der Waals surface area contributed by atoms with E-state index in [-0.39, 0.29) is 0 Å². The maximum atomic E-state index is 4.68. The predicted octanol–water partition coefficient (Wildman–Crippen LogP) is 3.59. The third-order valence-corrected chi connectivity index (χ3v) is 4.07. The number of thiazole rings is 1. The zero-order valence-electron chi connectivity index (χ0n) is 8.68. The van der Waals surface area contributed by atoms with Gasteiger partial charge in [0.15, 0.2) is 0 Å². The summed E-state index contributed by atoms with van der Waals surface area (Å²) < 4.78 is 0. The van der Waals surface area contributed by atoms with Gasteiger partial charge in [-0.25, -0.2) is 4.98 Å². The summed E-state index contributed by atoms with van der Waals surface area (Å²) in [5, 5.41) is 1.22. The van der Waals surface area contributed by atoms with Crippen molar-refractivity contribution in [1.82, 2.24) is 4.98 Å². The van der Waals surface area contributed by atoms with Crippen LogP contribution in [0.1, 0.15) is 48.2 Å². The summed E-state index contributed by atoms with van der Waals surface area (Å²) in [5.74, 6) is 0. The van der Waals surface area contributed by atoms with Crippen molar-refractivity contribution < 1.29 is 0 Å². The Bertz CT molecular complexity index is 308. The summed E-state index contributed by atoms with van der Waals surface area (Å²) >= 11 is 1.84. The Morgan fingerprint density at radius 1 is 1.23 bits per heavy atom. The minimum Gasteiger partial charge on any atom is -0.246 e. The van der Waals surface area contributed by atoms with Crippen molar-refractivity contribution in [3.8, 4) is 0 Å². The standard InChI is InChI=1S/C11H17NS/c1-8-10(12-9(2)13-8)11(3)6-4-5-7-11/h4-7H2,1-3H3. The number of aromatic nitrogens is 1. The van der Waals surface area contributed by atoms with E-state index in [1.54, 1.807) is 0 Å². The molecule has 0 unspecified atom stereocenters. The van der Waals surface area contributed by atoms with Gasteiger partial charge in [0.1, 0.15) is 0 Å². The molecule has 1 aromatic rings. The van der Waals surface area contributed by atoms with Gasteiger partial charge in [-0.2, -0.15) is 0 Å². The molecule has 1 nitrogen and oxygen atoms in total. The highest BCUT2D eigenvalue weighted by Crippen LogP contribution is 2.42. The molecule has 2 heteroatoms. The summed E-state index contributed by atoms with van der Waals surface area (Å²) in [6.45, 7) is 6.70. The normalized spacial score (nSPS) is 20.8. The van der Waals surface area contributed by atoms with Gasteiger partial charge in [0.2, 0.25) is 0 Å². The Kier molecular flexibility index (Phi) is 2.18. The Labute approximate surface area is 84.2 Å². The molecule has 13 heavy (non-hydrogen) atoms. The molecule has 0 radical (unpaired) electrons. The van der Waals surface area contributed by atoms with Gasteiger partial charge in [-0.05, 0) is 26.7 Å². The highest BCUT2D eigenvalue weighted by molar-refractivity contribution is 7.11. The topological polar surface area (TPSA) is 12.9 Å². The molecule has 1 fully saturated rings. The van der Waals surface area contributed by atoms with Gasteiger partial charge in [-0.3, -0.25) is 0 Å². The molecule has 0 spiro atoms. The molecule has 1 aliphatic rings. The number of nitrogens with zero attached hydrogens (tertiary/aromatic N) is 1. The van der Waals surface area contributed by atoms with Crippen molar-refractivity contribution in [2.75, 3.05) is 0 Å². The largest absolute Gasteiger partial charge is 0.246 e. The first-order valence-corrected chi connectivity index (χ1v) is 5.88. The van der Waals surface area contributed by atoms with Crippen LogP contribution in [0.2, 0.25) is 0 Å². The van der Waals surface area contributed by atoms with Crippen molar-refractivity contribution in [2.45, 2.75) is 51.9 Å². The van der Waals surface area contributed by atoms with Crippen LogP contribution in [0.15, 0.2) is 0 Å². The van der Waals surface area contributed by atoms with Crippen LogP contribution in [0.3, 0.4) is 0 Å². The van der Waals surface area contributed by atoms with E-state index < -0.39 is 0 Å². The lowest BCUT2D eigenvalue weighted by Gasteiger charge is -2.21. The number of rotatable bonds is 1. The Morgan fingerprint density at radius 3 is 2.31 bits per heavy atom. The van der Waals surface area contributed by atoms with Crippen molar-refractivity contribution in [3.05, 3.63) is 15.6 Å². The molecule has 0 N–H and O–H groups in total. The molecular weight excluding hydrogens is 178 g/mol. The first-order valence-electron chi connectivity index (χ1n) is 5.06. The molecule has 0 amide bonds.